The first-order valence-corrected chi connectivity index (χ1v) is 11.3. The minimum Gasteiger partial charge on any atom is -0.339 e. The van der Waals surface area contributed by atoms with Gasteiger partial charge in [-0.2, -0.15) is 0 Å². The van der Waals surface area contributed by atoms with Crippen LogP contribution in [0.5, 0.6) is 0 Å². The molecule has 1 heterocycles. The number of halogens is 2. The molecule has 4 nitrogen and oxygen atoms in total. The van der Waals surface area contributed by atoms with Crippen molar-refractivity contribution >= 4 is 40.9 Å². The van der Waals surface area contributed by atoms with Gasteiger partial charge in [0.1, 0.15) is 5.82 Å². The third-order valence-electron chi connectivity index (χ3n) is 4.87. The van der Waals surface area contributed by atoms with Gasteiger partial charge in [-0.1, -0.05) is 42.6 Å². The van der Waals surface area contributed by atoms with E-state index < -0.39 is 0 Å². The number of para-hydroxylation sites is 1. The van der Waals surface area contributed by atoms with Gasteiger partial charge in [0.25, 0.3) is 5.91 Å². The molecule has 0 bridgehead atoms. The van der Waals surface area contributed by atoms with Crippen molar-refractivity contribution in [2.75, 3.05) is 24.2 Å². The molecule has 1 fully saturated rings. The van der Waals surface area contributed by atoms with Crippen LogP contribution in [0.4, 0.5) is 10.1 Å². The summed E-state index contributed by atoms with van der Waals surface area (Å²) >= 11 is 7.29. The highest BCUT2D eigenvalue weighted by molar-refractivity contribution is 7.99. The van der Waals surface area contributed by atoms with E-state index in [0.717, 1.165) is 38.8 Å². The Kier molecular flexibility index (Phi) is 7.95. The smallest absolute Gasteiger partial charge is 0.255 e. The minimum atomic E-state index is -0.376. The van der Waals surface area contributed by atoms with Crippen LogP contribution in [0.1, 0.15) is 41.6 Å². The monoisotopic (exact) mass is 434 g/mol. The average Bonchev–Trinajstić information content (AvgIpc) is 3.00. The second-order valence-electron chi connectivity index (χ2n) is 6.99. The Morgan fingerprint density at radius 2 is 1.76 bits per heavy atom. The number of carbonyl (C=O) groups excluding carboxylic acids is 2. The number of benzene rings is 2. The molecule has 0 unspecified atom stereocenters. The fraction of sp³-hybridized carbons (Fsp3) is 0.364. The molecule has 1 aliphatic rings. The quantitative estimate of drug-likeness (QED) is 0.665. The highest BCUT2D eigenvalue weighted by Gasteiger charge is 2.20. The summed E-state index contributed by atoms with van der Waals surface area (Å²) in [7, 11) is 0. The third kappa shape index (κ3) is 5.97. The maximum Gasteiger partial charge on any atom is 0.255 e. The summed E-state index contributed by atoms with van der Waals surface area (Å²) in [5.41, 5.74) is 1.41. The molecule has 2 amide bonds. The molecule has 0 atom stereocenters. The van der Waals surface area contributed by atoms with Gasteiger partial charge in [-0.05, 0) is 37.1 Å². The van der Waals surface area contributed by atoms with E-state index in [1.165, 1.54) is 17.8 Å². The number of amides is 2. The molecule has 2 aromatic rings. The number of hydrogen-bond acceptors (Lipinski definition) is 3. The molecule has 0 saturated carbocycles. The van der Waals surface area contributed by atoms with Gasteiger partial charge in [0, 0.05) is 29.4 Å². The highest BCUT2D eigenvalue weighted by atomic mass is 35.5. The van der Waals surface area contributed by atoms with Crippen LogP contribution in [0.25, 0.3) is 0 Å². The van der Waals surface area contributed by atoms with E-state index in [1.807, 2.05) is 4.90 Å². The van der Waals surface area contributed by atoms with E-state index in [2.05, 4.69) is 5.32 Å². The van der Waals surface area contributed by atoms with Crippen LogP contribution in [0.2, 0.25) is 5.02 Å². The number of nitrogens with one attached hydrogen (secondary N) is 1. The molecule has 0 spiro atoms. The zero-order valence-electron chi connectivity index (χ0n) is 16.1. The molecule has 1 aliphatic heterocycles. The molecular formula is C22H24ClFN2O2S. The molecule has 1 N–H and O–H groups in total. The van der Waals surface area contributed by atoms with E-state index in [-0.39, 0.29) is 23.4 Å². The van der Waals surface area contributed by atoms with Gasteiger partial charge in [0.15, 0.2) is 0 Å². The first-order valence-electron chi connectivity index (χ1n) is 9.75. The van der Waals surface area contributed by atoms with Crippen molar-refractivity contribution in [2.24, 2.45) is 0 Å². The van der Waals surface area contributed by atoms with Gasteiger partial charge in [-0.25, -0.2) is 4.39 Å². The van der Waals surface area contributed by atoms with Crippen LogP contribution < -0.4 is 5.32 Å². The Morgan fingerprint density at radius 1 is 1.03 bits per heavy atom. The van der Waals surface area contributed by atoms with Crippen LogP contribution in [0.3, 0.4) is 0 Å². The second-order valence-corrected chi connectivity index (χ2v) is 8.39. The predicted molar refractivity (Wildman–Crippen MR) is 117 cm³/mol. The summed E-state index contributed by atoms with van der Waals surface area (Å²) in [6.07, 6.45) is 4.31. The van der Waals surface area contributed by atoms with Gasteiger partial charge in [0.2, 0.25) is 5.91 Å². The maximum absolute atomic E-state index is 13.8. The van der Waals surface area contributed by atoms with Crippen LogP contribution in [-0.2, 0) is 10.5 Å². The standard InChI is InChI=1S/C22H24ClFN2O2S/c23-18-9-7-10-19(24)17(18)14-29-15-21(27)25-20-11-4-3-8-16(20)22(28)26-12-5-1-2-6-13-26/h3-4,7-11H,1-2,5-6,12-15H2,(H,25,27). The summed E-state index contributed by atoms with van der Waals surface area (Å²) in [6, 6.07) is 11.6. The number of carbonyl (C=O) groups is 2. The van der Waals surface area contributed by atoms with Crippen molar-refractivity contribution in [3.8, 4) is 0 Å². The molecular weight excluding hydrogens is 411 g/mol. The molecule has 3 rings (SSSR count). The van der Waals surface area contributed by atoms with Crippen molar-refractivity contribution in [1.82, 2.24) is 4.90 Å². The average molecular weight is 435 g/mol. The van der Waals surface area contributed by atoms with Crippen molar-refractivity contribution < 1.29 is 14.0 Å². The molecule has 1 saturated heterocycles. The zero-order chi connectivity index (χ0) is 20.6. The molecule has 154 valence electrons. The Bertz CT molecular complexity index is 849. The summed E-state index contributed by atoms with van der Waals surface area (Å²) in [5.74, 6) is -0.226. The predicted octanol–water partition coefficient (Wildman–Crippen LogP) is 5.37. The topological polar surface area (TPSA) is 49.4 Å². The first-order chi connectivity index (χ1) is 14.1. The number of rotatable bonds is 6. The molecule has 29 heavy (non-hydrogen) atoms. The lowest BCUT2D eigenvalue weighted by Gasteiger charge is -2.22. The maximum atomic E-state index is 13.8. The summed E-state index contributed by atoms with van der Waals surface area (Å²) < 4.78 is 13.8. The highest BCUT2D eigenvalue weighted by Crippen LogP contribution is 2.24. The number of anilines is 1. The van der Waals surface area contributed by atoms with Gasteiger partial charge in [0.05, 0.1) is 17.0 Å². The summed E-state index contributed by atoms with van der Waals surface area (Å²) in [6.45, 7) is 1.50. The summed E-state index contributed by atoms with van der Waals surface area (Å²) in [4.78, 5) is 27.2. The van der Waals surface area contributed by atoms with E-state index >= 15 is 0 Å². The second kappa shape index (κ2) is 10.6. The number of nitrogens with zero attached hydrogens (tertiary/aromatic N) is 1. The minimum absolute atomic E-state index is 0.0476. The van der Waals surface area contributed by atoms with Gasteiger partial charge >= 0.3 is 0 Å². The number of thioether (sulfide) groups is 1. The molecule has 7 heteroatoms. The molecule has 2 aromatic carbocycles. The SMILES string of the molecule is O=C(CSCc1c(F)cccc1Cl)Nc1ccccc1C(=O)N1CCCCCC1. The van der Waals surface area contributed by atoms with Gasteiger partial charge < -0.3 is 10.2 Å². The Hall–Kier alpha value is -2.05. The summed E-state index contributed by atoms with van der Waals surface area (Å²) in [5, 5.41) is 3.18. The Balaban J connectivity index is 1.60. The zero-order valence-corrected chi connectivity index (χ0v) is 17.7. The molecule has 0 radical (unpaired) electrons. The van der Waals surface area contributed by atoms with Gasteiger partial charge in [-0.3, -0.25) is 9.59 Å². The molecule has 0 aliphatic carbocycles. The van der Waals surface area contributed by atoms with E-state index in [0.29, 0.717) is 27.6 Å². The normalized spacial score (nSPS) is 14.3. The van der Waals surface area contributed by atoms with Crippen LogP contribution in [-0.4, -0.2) is 35.6 Å². The van der Waals surface area contributed by atoms with Crippen molar-refractivity contribution in [1.29, 1.82) is 0 Å². The van der Waals surface area contributed by atoms with Gasteiger partial charge in [-0.15, -0.1) is 11.8 Å². The van der Waals surface area contributed by atoms with E-state index in [9.17, 15) is 14.0 Å². The molecule has 0 aromatic heterocycles. The first kappa shape index (κ1) is 21.7. The Labute approximate surface area is 179 Å². The third-order valence-corrected chi connectivity index (χ3v) is 6.18. The van der Waals surface area contributed by atoms with Crippen molar-refractivity contribution in [3.63, 3.8) is 0 Å². The van der Waals surface area contributed by atoms with Crippen molar-refractivity contribution in [2.45, 2.75) is 31.4 Å². The van der Waals surface area contributed by atoms with Crippen LogP contribution in [0, 0.1) is 5.82 Å². The van der Waals surface area contributed by atoms with E-state index in [1.54, 1.807) is 36.4 Å². The van der Waals surface area contributed by atoms with Crippen LogP contribution in [0.15, 0.2) is 42.5 Å². The fourth-order valence-corrected chi connectivity index (χ4v) is 4.49. The lowest BCUT2D eigenvalue weighted by Crippen LogP contribution is -2.32. The lowest BCUT2D eigenvalue weighted by molar-refractivity contribution is -0.113. The van der Waals surface area contributed by atoms with Crippen molar-refractivity contribution in [3.05, 3.63) is 64.4 Å². The number of likely N-dealkylation sites (tertiary alicyclic amines) is 1. The fourth-order valence-electron chi connectivity index (χ4n) is 3.33. The van der Waals surface area contributed by atoms with E-state index in [4.69, 9.17) is 11.6 Å². The Morgan fingerprint density at radius 3 is 2.48 bits per heavy atom. The number of hydrogen-bond donors (Lipinski definition) is 1. The largest absolute Gasteiger partial charge is 0.339 e. The van der Waals surface area contributed by atoms with Crippen LogP contribution >= 0.6 is 23.4 Å². The lowest BCUT2D eigenvalue weighted by atomic mass is 10.1.